The Morgan fingerprint density at radius 3 is 2.07 bits per heavy atom. The number of pyridine rings is 1. The molecule has 30 heavy (non-hydrogen) atoms. The maximum absolute atomic E-state index is 13.0. The van der Waals surface area contributed by atoms with E-state index in [4.69, 9.17) is 10.5 Å². The summed E-state index contributed by atoms with van der Waals surface area (Å²) < 4.78 is 18.9. The van der Waals surface area contributed by atoms with Crippen LogP contribution in [0.3, 0.4) is 0 Å². The maximum atomic E-state index is 13.0. The number of hydrogen-bond acceptors (Lipinski definition) is 4. The third-order valence-electron chi connectivity index (χ3n) is 4.41. The number of ether oxygens (including phenoxy) is 1. The molecule has 0 saturated heterocycles. The fourth-order valence-corrected chi connectivity index (χ4v) is 3.02. The smallest absolute Gasteiger partial charge is 0.255 e. The van der Waals surface area contributed by atoms with Crippen LogP contribution in [0.15, 0.2) is 60.7 Å². The van der Waals surface area contributed by atoms with Gasteiger partial charge in [0.05, 0.1) is 5.56 Å². The molecule has 0 fully saturated rings. The van der Waals surface area contributed by atoms with E-state index < -0.39 is 11.9 Å². The van der Waals surface area contributed by atoms with Crippen LogP contribution in [0.4, 0.5) is 10.2 Å². The fourth-order valence-electron chi connectivity index (χ4n) is 3.02. The van der Waals surface area contributed by atoms with Gasteiger partial charge in [0.2, 0.25) is 5.95 Å². The molecule has 0 atom stereocenters. The molecule has 3 rings (SSSR count). The van der Waals surface area contributed by atoms with Gasteiger partial charge in [0.1, 0.15) is 17.3 Å². The molecular formula is C24H26FN3O2. The summed E-state index contributed by atoms with van der Waals surface area (Å²) in [6.07, 6.45) is 1.01. The SMILES string of the molecule is CC(C)(C)Cc1ccc(Oc2ccc(CNC(=O)c3ccc(F)nc3N)cc2)cc1. The van der Waals surface area contributed by atoms with E-state index in [0.717, 1.165) is 23.8 Å². The molecule has 0 unspecified atom stereocenters. The van der Waals surface area contributed by atoms with Crippen LogP contribution in [0.1, 0.15) is 42.3 Å². The lowest BCUT2D eigenvalue weighted by Gasteiger charge is -2.18. The van der Waals surface area contributed by atoms with Crippen molar-refractivity contribution in [2.45, 2.75) is 33.7 Å². The van der Waals surface area contributed by atoms with E-state index in [1.54, 1.807) is 0 Å². The van der Waals surface area contributed by atoms with Crippen LogP contribution in [0.25, 0.3) is 0 Å². The highest BCUT2D eigenvalue weighted by atomic mass is 19.1. The summed E-state index contributed by atoms with van der Waals surface area (Å²) in [5.41, 5.74) is 8.15. The molecule has 0 saturated carbocycles. The second kappa shape index (κ2) is 8.95. The lowest BCUT2D eigenvalue weighted by Crippen LogP contribution is -2.24. The van der Waals surface area contributed by atoms with Crippen molar-refractivity contribution in [1.82, 2.24) is 10.3 Å². The highest BCUT2D eigenvalue weighted by molar-refractivity contribution is 5.98. The van der Waals surface area contributed by atoms with Gasteiger partial charge in [-0.1, -0.05) is 45.0 Å². The predicted octanol–water partition coefficient (Wildman–Crippen LogP) is 5.11. The van der Waals surface area contributed by atoms with E-state index in [9.17, 15) is 9.18 Å². The summed E-state index contributed by atoms with van der Waals surface area (Å²) in [6, 6.07) is 18.0. The van der Waals surface area contributed by atoms with Crippen LogP contribution < -0.4 is 15.8 Å². The standard InChI is InChI=1S/C24H26FN3O2/c1-24(2,3)14-16-4-8-18(9-5-16)30-19-10-6-17(7-11-19)15-27-23(29)20-12-13-21(25)28-22(20)26/h4-13H,14-15H2,1-3H3,(H2,26,28)(H,27,29). The van der Waals surface area contributed by atoms with E-state index in [1.165, 1.54) is 11.6 Å². The summed E-state index contributed by atoms with van der Waals surface area (Å²) in [6.45, 7) is 6.95. The number of nitrogen functional groups attached to an aromatic ring is 1. The molecule has 5 nitrogen and oxygen atoms in total. The fraction of sp³-hybridized carbons (Fsp3) is 0.250. The molecule has 6 heteroatoms. The number of nitrogens with zero attached hydrogens (tertiary/aromatic N) is 1. The zero-order valence-corrected chi connectivity index (χ0v) is 17.4. The first-order valence-electron chi connectivity index (χ1n) is 9.75. The molecule has 2 aromatic carbocycles. The Bertz CT molecular complexity index is 1010. The summed E-state index contributed by atoms with van der Waals surface area (Å²) in [5, 5.41) is 2.75. The van der Waals surface area contributed by atoms with Gasteiger partial charge in [-0.3, -0.25) is 4.79 Å². The molecule has 0 spiro atoms. The quantitative estimate of drug-likeness (QED) is 0.557. The van der Waals surface area contributed by atoms with Gasteiger partial charge < -0.3 is 15.8 Å². The average Bonchev–Trinajstić information content (AvgIpc) is 2.67. The van der Waals surface area contributed by atoms with Crippen LogP contribution in [0.2, 0.25) is 0 Å². The number of rotatable bonds is 6. The number of carbonyl (C=O) groups excluding carboxylic acids is 1. The van der Waals surface area contributed by atoms with Gasteiger partial charge in [-0.25, -0.2) is 4.98 Å². The monoisotopic (exact) mass is 407 g/mol. The third kappa shape index (κ3) is 6.04. The highest BCUT2D eigenvalue weighted by Crippen LogP contribution is 2.25. The van der Waals surface area contributed by atoms with Crippen molar-refractivity contribution in [3.05, 3.63) is 83.3 Å². The normalized spacial score (nSPS) is 11.2. The second-order valence-electron chi connectivity index (χ2n) is 8.38. The number of hydrogen-bond donors (Lipinski definition) is 2. The van der Waals surface area contributed by atoms with Crippen molar-refractivity contribution in [1.29, 1.82) is 0 Å². The Morgan fingerprint density at radius 1 is 0.967 bits per heavy atom. The van der Waals surface area contributed by atoms with Crippen LogP contribution in [0.5, 0.6) is 11.5 Å². The van der Waals surface area contributed by atoms with Crippen molar-refractivity contribution in [3.8, 4) is 11.5 Å². The van der Waals surface area contributed by atoms with E-state index in [2.05, 4.69) is 43.2 Å². The van der Waals surface area contributed by atoms with Crippen molar-refractivity contribution in [2.75, 3.05) is 5.73 Å². The number of aromatic nitrogens is 1. The Balaban J connectivity index is 1.55. The van der Waals surface area contributed by atoms with Gasteiger partial charge in [-0.15, -0.1) is 0 Å². The van der Waals surface area contributed by atoms with Gasteiger partial charge in [0.15, 0.2) is 0 Å². The van der Waals surface area contributed by atoms with E-state index in [1.807, 2.05) is 36.4 Å². The van der Waals surface area contributed by atoms with Crippen LogP contribution in [-0.4, -0.2) is 10.9 Å². The number of benzene rings is 2. The van der Waals surface area contributed by atoms with Gasteiger partial charge in [0, 0.05) is 6.54 Å². The molecule has 0 aliphatic heterocycles. The van der Waals surface area contributed by atoms with Gasteiger partial charge in [0.25, 0.3) is 5.91 Å². The zero-order valence-electron chi connectivity index (χ0n) is 17.4. The molecular weight excluding hydrogens is 381 g/mol. The molecule has 1 aromatic heterocycles. The van der Waals surface area contributed by atoms with Crippen LogP contribution in [-0.2, 0) is 13.0 Å². The summed E-state index contributed by atoms with van der Waals surface area (Å²) in [5.74, 6) is 0.220. The van der Waals surface area contributed by atoms with Crippen molar-refractivity contribution in [3.63, 3.8) is 0 Å². The zero-order chi connectivity index (χ0) is 21.7. The average molecular weight is 407 g/mol. The first kappa shape index (κ1) is 21.3. The molecule has 156 valence electrons. The lowest BCUT2D eigenvalue weighted by molar-refractivity contribution is 0.0951. The number of carbonyl (C=O) groups is 1. The minimum Gasteiger partial charge on any atom is -0.457 e. The van der Waals surface area contributed by atoms with Gasteiger partial charge in [-0.2, -0.15) is 4.39 Å². The van der Waals surface area contributed by atoms with Crippen LogP contribution in [0, 0.1) is 11.4 Å². The van der Waals surface area contributed by atoms with Crippen molar-refractivity contribution >= 4 is 11.7 Å². The highest BCUT2D eigenvalue weighted by Gasteiger charge is 2.12. The molecule has 1 amide bonds. The minimum atomic E-state index is -0.719. The number of nitrogens with two attached hydrogens (primary N) is 1. The van der Waals surface area contributed by atoms with Gasteiger partial charge >= 0.3 is 0 Å². The molecule has 0 radical (unpaired) electrons. The summed E-state index contributed by atoms with van der Waals surface area (Å²) in [4.78, 5) is 15.7. The molecule has 0 bridgehead atoms. The second-order valence-corrected chi connectivity index (χ2v) is 8.38. The predicted molar refractivity (Wildman–Crippen MR) is 116 cm³/mol. The Morgan fingerprint density at radius 2 is 1.53 bits per heavy atom. The Kier molecular flexibility index (Phi) is 6.35. The first-order chi connectivity index (χ1) is 14.2. The minimum absolute atomic E-state index is 0.134. The molecule has 1 heterocycles. The molecule has 0 aliphatic carbocycles. The van der Waals surface area contributed by atoms with E-state index >= 15 is 0 Å². The molecule has 0 aliphatic rings. The van der Waals surface area contributed by atoms with E-state index in [0.29, 0.717) is 12.3 Å². The van der Waals surface area contributed by atoms with E-state index in [-0.39, 0.29) is 16.8 Å². The Hall–Kier alpha value is -3.41. The largest absolute Gasteiger partial charge is 0.457 e. The van der Waals surface area contributed by atoms with Crippen molar-refractivity contribution in [2.24, 2.45) is 5.41 Å². The number of nitrogens with one attached hydrogen (secondary N) is 1. The number of halogens is 1. The molecule has 3 N–H and O–H groups in total. The summed E-state index contributed by atoms with van der Waals surface area (Å²) >= 11 is 0. The maximum Gasteiger partial charge on any atom is 0.255 e. The molecule has 3 aromatic rings. The summed E-state index contributed by atoms with van der Waals surface area (Å²) in [7, 11) is 0. The first-order valence-corrected chi connectivity index (χ1v) is 9.75. The lowest BCUT2D eigenvalue weighted by atomic mass is 9.88. The number of amides is 1. The third-order valence-corrected chi connectivity index (χ3v) is 4.41. The van der Waals surface area contributed by atoms with Crippen molar-refractivity contribution < 1.29 is 13.9 Å². The Labute approximate surface area is 176 Å². The topological polar surface area (TPSA) is 77.2 Å². The van der Waals surface area contributed by atoms with Gasteiger partial charge in [-0.05, 0) is 59.4 Å². The number of anilines is 1. The van der Waals surface area contributed by atoms with Crippen LogP contribution >= 0.6 is 0 Å².